The highest BCUT2D eigenvalue weighted by molar-refractivity contribution is 6.02. The van der Waals surface area contributed by atoms with Crippen molar-refractivity contribution >= 4 is 16.8 Å². The highest BCUT2D eigenvalue weighted by Crippen LogP contribution is 2.45. The van der Waals surface area contributed by atoms with Crippen molar-refractivity contribution in [1.82, 2.24) is 5.32 Å². The average molecular weight is 297 g/mol. The molecule has 1 aliphatic heterocycles. The lowest BCUT2D eigenvalue weighted by Crippen LogP contribution is -2.46. The van der Waals surface area contributed by atoms with E-state index >= 15 is 0 Å². The van der Waals surface area contributed by atoms with Gasteiger partial charge in [0, 0.05) is 11.9 Å². The first kappa shape index (κ1) is 14.1. The van der Waals surface area contributed by atoms with E-state index in [2.05, 4.69) is 5.32 Å². The van der Waals surface area contributed by atoms with Crippen LogP contribution >= 0.6 is 0 Å². The van der Waals surface area contributed by atoms with E-state index in [1.54, 1.807) is 25.1 Å². The second-order valence-corrected chi connectivity index (χ2v) is 5.44. The van der Waals surface area contributed by atoms with Crippen molar-refractivity contribution in [2.45, 2.75) is 19.5 Å². The standard InChI is InChI=1S/C15H14F3NO2/c1-9-3-2-4-10-7-11(21-12(9)10)13(20)14(15(16,17)18)5-6-19-8-14/h2-4,7,19H,5-6,8H2,1H3. The van der Waals surface area contributed by atoms with Gasteiger partial charge in [-0.1, -0.05) is 18.2 Å². The SMILES string of the molecule is Cc1cccc2cc(C(=O)C3(C(F)(F)F)CCNC3)oc12. The zero-order valence-corrected chi connectivity index (χ0v) is 11.4. The summed E-state index contributed by atoms with van der Waals surface area (Å²) in [6, 6.07) is 6.68. The number of aryl methyl sites for hydroxylation is 1. The van der Waals surface area contributed by atoms with Crippen molar-refractivity contribution in [3.8, 4) is 0 Å². The smallest absolute Gasteiger partial charge is 0.403 e. The summed E-state index contributed by atoms with van der Waals surface area (Å²) >= 11 is 0. The fraction of sp³-hybridized carbons (Fsp3) is 0.400. The predicted molar refractivity (Wildman–Crippen MR) is 71.3 cm³/mol. The van der Waals surface area contributed by atoms with Crippen LogP contribution in [0.25, 0.3) is 11.0 Å². The highest BCUT2D eigenvalue weighted by atomic mass is 19.4. The normalized spacial score (nSPS) is 22.9. The summed E-state index contributed by atoms with van der Waals surface area (Å²) in [6.07, 6.45) is -4.85. The number of hydrogen-bond donors (Lipinski definition) is 1. The number of carbonyl (C=O) groups excluding carboxylic acids is 1. The molecular formula is C15H14F3NO2. The van der Waals surface area contributed by atoms with Gasteiger partial charge in [0.2, 0.25) is 5.78 Å². The number of benzene rings is 1. The van der Waals surface area contributed by atoms with Gasteiger partial charge in [0.15, 0.2) is 5.76 Å². The van der Waals surface area contributed by atoms with Crippen LogP contribution in [0.3, 0.4) is 0 Å². The van der Waals surface area contributed by atoms with Crippen molar-refractivity contribution in [3.05, 3.63) is 35.6 Å². The molecule has 3 nitrogen and oxygen atoms in total. The molecule has 0 aliphatic carbocycles. The Morgan fingerprint density at radius 1 is 1.38 bits per heavy atom. The Morgan fingerprint density at radius 3 is 2.71 bits per heavy atom. The van der Waals surface area contributed by atoms with E-state index in [9.17, 15) is 18.0 Å². The van der Waals surface area contributed by atoms with Crippen LogP contribution in [0, 0.1) is 12.3 Å². The number of alkyl halides is 3. The third-order valence-electron chi connectivity index (χ3n) is 4.10. The second kappa shape index (κ2) is 4.59. The lowest BCUT2D eigenvalue weighted by molar-refractivity contribution is -0.197. The Kier molecular flexibility index (Phi) is 3.09. The molecule has 112 valence electrons. The molecule has 1 aromatic heterocycles. The predicted octanol–water partition coefficient (Wildman–Crippen LogP) is 3.47. The van der Waals surface area contributed by atoms with Crippen LogP contribution in [-0.4, -0.2) is 25.0 Å². The summed E-state index contributed by atoms with van der Waals surface area (Å²) in [4.78, 5) is 12.4. The summed E-state index contributed by atoms with van der Waals surface area (Å²) < 4.78 is 45.6. The molecule has 3 rings (SSSR count). The molecule has 2 aromatic rings. The quantitative estimate of drug-likeness (QED) is 0.863. The molecule has 1 saturated heterocycles. The minimum Gasteiger partial charge on any atom is -0.453 e. The maximum atomic E-state index is 13.4. The topological polar surface area (TPSA) is 42.2 Å². The van der Waals surface area contributed by atoms with Gasteiger partial charge in [-0.15, -0.1) is 0 Å². The van der Waals surface area contributed by atoms with Gasteiger partial charge in [-0.3, -0.25) is 4.79 Å². The molecule has 1 unspecified atom stereocenters. The van der Waals surface area contributed by atoms with Gasteiger partial charge in [-0.2, -0.15) is 13.2 Å². The first-order valence-corrected chi connectivity index (χ1v) is 6.66. The summed E-state index contributed by atoms with van der Waals surface area (Å²) in [5.74, 6) is -1.21. The molecule has 0 radical (unpaired) electrons. The van der Waals surface area contributed by atoms with Crippen molar-refractivity contribution in [2.75, 3.05) is 13.1 Å². The Labute approximate surface area is 119 Å². The number of nitrogens with one attached hydrogen (secondary N) is 1. The summed E-state index contributed by atoms with van der Waals surface area (Å²) in [5.41, 5.74) is -1.13. The molecule has 0 spiro atoms. The second-order valence-electron chi connectivity index (χ2n) is 5.44. The number of hydrogen-bond acceptors (Lipinski definition) is 3. The molecular weight excluding hydrogens is 283 g/mol. The van der Waals surface area contributed by atoms with Gasteiger partial charge in [0.25, 0.3) is 0 Å². The van der Waals surface area contributed by atoms with E-state index in [-0.39, 0.29) is 18.7 Å². The van der Waals surface area contributed by atoms with E-state index in [0.717, 1.165) is 5.56 Å². The van der Waals surface area contributed by atoms with Gasteiger partial charge in [-0.25, -0.2) is 0 Å². The molecule has 1 N–H and O–H groups in total. The first-order chi connectivity index (χ1) is 9.85. The third kappa shape index (κ3) is 2.05. The van der Waals surface area contributed by atoms with Crippen molar-refractivity contribution < 1.29 is 22.4 Å². The van der Waals surface area contributed by atoms with Gasteiger partial charge in [0.1, 0.15) is 11.0 Å². The molecule has 1 atom stereocenters. The van der Waals surface area contributed by atoms with Crippen LogP contribution < -0.4 is 5.32 Å². The number of fused-ring (bicyclic) bond motifs is 1. The Hall–Kier alpha value is -1.82. The molecule has 1 aromatic carbocycles. The Bertz CT molecular complexity index is 696. The van der Waals surface area contributed by atoms with E-state index in [4.69, 9.17) is 4.42 Å². The number of carbonyl (C=O) groups is 1. The van der Waals surface area contributed by atoms with E-state index in [0.29, 0.717) is 11.0 Å². The molecule has 0 amide bonds. The van der Waals surface area contributed by atoms with Crippen molar-refractivity contribution in [2.24, 2.45) is 5.41 Å². The first-order valence-electron chi connectivity index (χ1n) is 6.66. The van der Waals surface area contributed by atoms with Crippen molar-refractivity contribution in [3.63, 3.8) is 0 Å². The van der Waals surface area contributed by atoms with Gasteiger partial charge in [-0.05, 0) is 31.5 Å². The van der Waals surface area contributed by atoms with Crippen LogP contribution in [0.4, 0.5) is 13.2 Å². The number of para-hydroxylation sites is 1. The van der Waals surface area contributed by atoms with Crippen LogP contribution in [0.1, 0.15) is 22.5 Å². The van der Waals surface area contributed by atoms with Gasteiger partial charge in [0.05, 0.1) is 0 Å². The number of ketones is 1. The Morgan fingerprint density at radius 2 is 2.14 bits per heavy atom. The number of Topliss-reactive ketones (excluding diaryl/α,β-unsaturated/α-hetero) is 1. The van der Waals surface area contributed by atoms with Crippen LogP contribution in [0.2, 0.25) is 0 Å². The molecule has 21 heavy (non-hydrogen) atoms. The fourth-order valence-corrected chi connectivity index (χ4v) is 2.81. The fourth-order valence-electron chi connectivity index (χ4n) is 2.81. The third-order valence-corrected chi connectivity index (χ3v) is 4.10. The number of halogens is 3. The van der Waals surface area contributed by atoms with E-state index < -0.39 is 23.9 Å². The number of rotatable bonds is 2. The zero-order valence-electron chi connectivity index (χ0n) is 11.4. The maximum Gasteiger partial charge on any atom is 0.403 e. The van der Waals surface area contributed by atoms with Crippen LogP contribution in [0.5, 0.6) is 0 Å². The number of furan rings is 1. The molecule has 6 heteroatoms. The molecule has 2 heterocycles. The molecule has 0 saturated carbocycles. The monoisotopic (exact) mass is 297 g/mol. The lowest BCUT2D eigenvalue weighted by atomic mass is 9.80. The van der Waals surface area contributed by atoms with Gasteiger partial charge < -0.3 is 9.73 Å². The van der Waals surface area contributed by atoms with Crippen molar-refractivity contribution in [1.29, 1.82) is 0 Å². The molecule has 1 aliphatic rings. The largest absolute Gasteiger partial charge is 0.453 e. The zero-order chi connectivity index (χ0) is 15.3. The van der Waals surface area contributed by atoms with Crippen LogP contribution in [-0.2, 0) is 0 Å². The van der Waals surface area contributed by atoms with Gasteiger partial charge >= 0.3 is 6.18 Å². The minimum atomic E-state index is -4.60. The molecule has 0 bridgehead atoms. The van der Waals surface area contributed by atoms with Crippen LogP contribution in [0.15, 0.2) is 28.7 Å². The Balaban J connectivity index is 2.09. The summed E-state index contributed by atoms with van der Waals surface area (Å²) in [5, 5.41) is 3.27. The minimum absolute atomic E-state index is 0.171. The lowest BCUT2D eigenvalue weighted by Gasteiger charge is -2.28. The highest BCUT2D eigenvalue weighted by Gasteiger charge is 2.62. The van der Waals surface area contributed by atoms with E-state index in [1.165, 1.54) is 6.07 Å². The summed E-state index contributed by atoms with van der Waals surface area (Å²) in [7, 11) is 0. The van der Waals surface area contributed by atoms with E-state index in [1.807, 2.05) is 0 Å². The maximum absolute atomic E-state index is 13.4. The molecule has 1 fully saturated rings. The summed E-state index contributed by atoms with van der Waals surface area (Å²) in [6.45, 7) is 1.56. The average Bonchev–Trinajstić information content (AvgIpc) is 3.05.